The van der Waals surface area contributed by atoms with E-state index in [1.807, 2.05) is 0 Å². The average Bonchev–Trinajstić information content (AvgIpc) is 3.21. The Balaban J connectivity index is 2.14. The number of nitrogens with zero attached hydrogens (tertiary/aromatic N) is 1. The fourth-order valence-corrected chi connectivity index (χ4v) is 3.48. The summed E-state index contributed by atoms with van der Waals surface area (Å²) in [5.74, 6) is -0.642. The number of alkyl halides is 3. The highest BCUT2D eigenvalue weighted by molar-refractivity contribution is 7.88. The van der Waals surface area contributed by atoms with Crippen molar-refractivity contribution in [1.82, 2.24) is 4.31 Å². The summed E-state index contributed by atoms with van der Waals surface area (Å²) in [4.78, 5) is 0. The van der Waals surface area contributed by atoms with Crippen LogP contribution in [-0.4, -0.2) is 37.5 Å². The Morgan fingerprint density at radius 3 is 2.45 bits per heavy atom. The van der Waals surface area contributed by atoms with Crippen LogP contribution in [0.25, 0.3) is 0 Å². The van der Waals surface area contributed by atoms with Crippen LogP contribution in [0.2, 0.25) is 0 Å². The molecule has 0 bridgehead atoms. The molecule has 1 atom stereocenters. The molecule has 0 aromatic heterocycles. The molecule has 2 rings (SSSR count). The fourth-order valence-electron chi connectivity index (χ4n) is 2.24. The van der Waals surface area contributed by atoms with E-state index in [4.69, 9.17) is 0 Å². The molecule has 1 saturated carbocycles. The van der Waals surface area contributed by atoms with Crippen molar-refractivity contribution >= 4 is 10.0 Å². The number of sulfonamides is 1. The zero-order valence-corrected chi connectivity index (χ0v) is 12.9. The quantitative estimate of drug-likeness (QED) is 0.866. The third kappa shape index (κ3) is 4.21. The van der Waals surface area contributed by atoms with E-state index in [9.17, 15) is 26.7 Å². The van der Waals surface area contributed by atoms with E-state index in [1.165, 1.54) is 19.2 Å². The molecule has 0 amide bonds. The maximum Gasteiger partial charge on any atom is 0.416 e. The first-order chi connectivity index (χ1) is 10.1. The molecule has 0 radical (unpaired) electrons. The Bertz CT molecular complexity index is 626. The molecule has 22 heavy (non-hydrogen) atoms. The molecular formula is C14H18F3NO3S. The van der Waals surface area contributed by atoms with Crippen molar-refractivity contribution in [3.63, 3.8) is 0 Å². The van der Waals surface area contributed by atoms with E-state index in [-0.39, 0.29) is 18.0 Å². The highest BCUT2D eigenvalue weighted by Crippen LogP contribution is 2.34. The second-order valence-corrected chi connectivity index (χ2v) is 7.67. The molecule has 0 heterocycles. The predicted octanol–water partition coefficient (Wildman–Crippen LogP) is 2.24. The maximum absolute atomic E-state index is 12.9. The van der Waals surface area contributed by atoms with Gasteiger partial charge in [-0.05, 0) is 30.4 Å². The van der Waals surface area contributed by atoms with Crippen molar-refractivity contribution in [3.05, 3.63) is 35.4 Å². The number of aliphatic hydroxyl groups excluding tert-OH is 1. The summed E-state index contributed by atoms with van der Waals surface area (Å²) in [6, 6.07) is 4.62. The summed E-state index contributed by atoms with van der Waals surface area (Å²) in [7, 11) is -2.65. The first-order valence-corrected chi connectivity index (χ1v) is 8.49. The zero-order valence-electron chi connectivity index (χ0n) is 12.0. The lowest BCUT2D eigenvalue weighted by molar-refractivity contribution is -0.138. The normalized spacial score (nSPS) is 17.7. The second-order valence-electron chi connectivity index (χ2n) is 5.60. The highest BCUT2D eigenvalue weighted by atomic mass is 32.2. The van der Waals surface area contributed by atoms with Crippen LogP contribution >= 0.6 is 0 Å². The predicted molar refractivity (Wildman–Crippen MR) is 75.4 cm³/mol. The summed E-state index contributed by atoms with van der Waals surface area (Å²) in [5, 5.41) is 9.79. The SMILES string of the molecule is CN(CC(O)C1CC1)S(=O)(=O)Cc1ccccc1C(F)(F)F. The van der Waals surface area contributed by atoms with Gasteiger partial charge in [-0.25, -0.2) is 12.7 Å². The number of aliphatic hydroxyl groups is 1. The lowest BCUT2D eigenvalue weighted by atomic mass is 10.1. The standard InChI is InChI=1S/C14H18F3NO3S/c1-18(8-13(19)10-6-7-10)22(20,21)9-11-4-2-3-5-12(11)14(15,16)17/h2-5,10,13,19H,6-9H2,1H3. The Kier molecular flexibility index (Phi) is 4.84. The van der Waals surface area contributed by atoms with E-state index in [2.05, 4.69) is 0 Å². The molecule has 0 aliphatic heterocycles. The number of rotatable bonds is 6. The molecule has 8 heteroatoms. The molecule has 124 valence electrons. The van der Waals surface area contributed by atoms with Gasteiger partial charge >= 0.3 is 6.18 Å². The highest BCUT2D eigenvalue weighted by Gasteiger charge is 2.36. The first-order valence-electron chi connectivity index (χ1n) is 6.88. The smallest absolute Gasteiger partial charge is 0.391 e. The number of halogens is 3. The number of likely N-dealkylation sites (N-methyl/N-ethyl adjacent to an activating group) is 1. The third-order valence-corrected chi connectivity index (χ3v) is 5.52. The fraction of sp³-hybridized carbons (Fsp3) is 0.571. The van der Waals surface area contributed by atoms with E-state index in [0.29, 0.717) is 0 Å². The second kappa shape index (κ2) is 6.17. The summed E-state index contributed by atoms with van der Waals surface area (Å²) in [6.45, 7) is -0.0960. The van der Waals surface area contributed by atoms with Gasteiger partial charge in [-0.1, -0.05) is 18.2 Å². The summed E-state index contributed by atoms with van der Waals surface area (Å²) in [5.41, 5.74) is -1.24. The van der Waals surface area contributed by atoms with Crippen molar-refractivity contribution in [3.8, 4) is 0 Å². The van der Waals surface area contributed by atoms with Crippen molar-refractivity contribution in [2.24, 2.45) is 5.92 Å². The lowest BCUT2D eigenvalue weighted by Gasteiger charge is -2.21. The number of benzene rings is 1. The van der Waals surface area contributed by atoms with E-state index in [1.54, 1.807) is 0 Å². The molecule has 1 N–H and O–H groups in total. The van der Waals surface area contributed by atoms with E-state index < -0.39 is 33.6 Å². The van der Waals surface area contributed by atoms with Gasteiger partial charge in [0.25, 0.3) is 0 Å². The van der Waals surface area contributed by atoms with Gasteiger partial charge in [0.15, 0.2) is 0 Å². The lowest BCUT2D eigenvalue weighted by Crippen LogP contribution is -2.36. The van der Waals surface area contributed by atoms with E-state index >= 15 is 0 Å². The van der Waals surface area contributed by atoms with Crippen molar-refractivity contribution in [2.75, 3.05) is 13.6 Å². The Labute approximate surface area is 127 Å². The molecule has 4 nitrogen and oxygen atoms in total. The molecule has 1 fully saturated rings. The van der Waals surface area contributed by atoms with Crippen LogP contribution in [0.3, 0.4) is 0 Å². The monoisotopic (exact) mass is 337 g/mol. The molecule has 1 aromatic rings. The van der Waals surface area contributed by atoms with Crippen molar-refractivity contribution in [1.29, 1.82) is 0 Å². The first kappa shape index (κ1) is 17.2. The van der Waals surface area contributed by atoms with Gasteiger partial charge in [0, 0.05) is 13.6 Å². The minimum absolute atomic E-state index is 0.0960. The molecule has 1 aliphatic carbocycles. The zero-order chi connectivity index (χ0) is 16.5. The molecular weight excluding hydrogens is 319 g/mol. The maximum atomic E-state index is 12.9. The summed E-state index contributed by atoms with van der Waals surface area (Å²) >= 11 is 0. The molecule has 0 spiro atoms. The number of hydrogen-bond acceptors (Lipinski definition) is 3. The molecule has 1 aliphatic rings. The molecule has 1 aromatic carbocycles. The van der Waals surface area contributed by atoms with Crippen molar-refractivity contribution in [2.45, 2.75) is 30.9 Å². The average molecular weight is 337 g/mol. The van der Waals surface area contributed by atoms with Gasteiger partial charge in [-0.2, -0.15) is 13.2 Å². The van der Waals surface area contributed by atoms with Crippen LogP contribution in [0.15, 0.2) is 24.3 Å². The van der Waals surface area contributed by atoms with Gasteiger partial charge in [-0.3, -0.25) is 0 Å². The van der Waals surface area contributed by atoms with Crippen LogP contribution in [0.4, 0.5) is 13.2 Å². The summed E-state index contributed by atoms with van der Waals surface area (Å²) in [6.07, 6.45) is -3.66. The van der Waals surface area contributed by atoms with Crippen LogP contribution in [-0.2, 0) is 22.0 Å². The Morgan fingerprint density at radius 2 is 1.91 bits per heavy atom. The Morgan fingerprint density at radius 1 is 1.32 bits per heavy atom. The minimum Gasteiger partial charge on any atom is -0.391 e. The van der Waals surface area contributed by atoms with Gasteiger partial charge < -0.3 is 5.11 Å². The van der Waals surface area contributed by atoms with Crippen LogP contribution < -0.4 is 0 Å². The third-order valence-electron chi connectivity index (χ3n) is 3.75. The van der Waals surface area contributed by atoms with Crippen molar-refractivity contribution < 1.29 is 26.7 Å². The van der Waals surface area contributed by atoms with Crippen LogP contribution in [0, 0.1) is 5.92 Å². The minimum atomic E-state index is -4.60. The van der Waals surface area contributed by atoms with Crippen LogP contribution in [0.1, 0.15) is 24.0 Å². The number of hydrogen-bond donors (Lipinski definition) is 1. The van der Waals surface area contributed by atoms with Crippen LogP contribution in [0.5, 0.6) is 0 Å². The topological polar surface area (TPSA) is 57.6 Å². The Hall–Kier alpha value is -1.12. The van der Waals surface area contributed by atoms with Gasteiger partial charge in [-0.15, -0.1) is 0 Å². The molecule has 1 unspecified atom stereocenters. The van der Waals surface area contributed by atoms with Gasteiger partial charge in [0.05, 0.1) is 17.4 Å². The van der Waals surface area contributed by atoms with Gasteiger partial charge in [0.1, 0.15) is 0 Å². The van der Waals surface area contributed by atoms with Gasteiger partial charge in [0.2, 0.25) is 10.0 Å². The largest absolute Gasteiger partial charge is 0.416 e. The molecule has 0 saturated heterocycles. The van der Waals surface area contributed by atoms with E-state index in [0.717, 1.165) is 29.3 Å². The summed E-state index contributed by atoms with van der Waals surface area (Å²) < 4.78 is 64.0.